The molecule has 0 aromatic carbocycles. The van der Waals surface area contributed by atoms with E-state index in [1.165, 1.54) is 6.42 Å². The number of likely N-dealkylation sites (N-methyl/N-ethyl adjacent to an activating group) is 1. The summed E-state index contributed by atoms with van der Waals surface area (Å²) >= 11 is 4.33. The van der Waals surface area contributed by atoms with Gasteiger partial charge in [0.15, 0.2) is 0 Å². The molecule has 6 heavy (non-hydrogen) atoms. The number of likely N-dealkylation sites (tertiary alicyclic amines) is 1. The van der Waals surface area contributed by atoms with Crippen molar-refractivity contribution in [3.05, 3.63) is 0 Å². The fourth-order valence-corrected chi connectivity index (χ4v) is 1.35. The van der Waals surface area contributed by atoms with Gasteiger partial charge in [0, 0.05) is 6.04 Å². The van der Waals surface area contributed by atoms with Gasteiger partial charge < -0.3 is 0 Å². The van der Waals surface area contributed by atoms with Gasteiger partial charge in [0.2, 0.25) is 0 Å². The van der Waals surface area contributed by atoms with Crippen LogP contribution in [0.3, 0.4) is 0 Å². The van der Waals surface area contributed by atoms with Crippen LogP contribution in [0.15, 0.2) is 0 Å². The standard InChI is InChI=1S/C4H7NS/c1-5-3-2-4(3,5)6/h3,6H,2H2,1H3. The van der Waals surface area contributed by atoms with Crippen LogP contribution in [0, 0.1) is 0 Å². The number of nitrogens with zero attached hydrogens (tertiary/aromatic N) is 1. The Morgan fingerprint density at radius 2 is 2.33 bits per heavy atom. The smallest absolute Gasteiger partial charge is 0.0816 e. The summed E-state index contributed by atoms with van der Waals surface area (Å²) in [6.45, 7) is 0. The van der Waals surface area contributed by atoms with Gasteiger partial charge in [-0.1, -0.05) is 0 Å². The summed E-state index contributed by atoms with van der Waals surface area (Å²) < 4.78 is 0. The Morgan fingerprint density at radius 1 is 2.00 bits per heavy atom. The maximum Gasteiger partial charge on any atom is 0.0816 e. The molecule has 34 valence electrons. The zero-order valence-corrected chi connectivity index (χ0v) is 4.57. The molecule has 0 amide bonds. The third-order valence-corrected chi connectivity index (χ3v) is 2.67. The molecule has 0 aromatic heterocycles. The van der Waals surface area contributed by atoms with Gasteiger partial charge in [0.05, 0.1) is 4.87 Å². The molecule has 3 atom stereocenters. The van der Waals surface area contributed by atoms with Crippen LogP contribution in [0.5, 0.6) is 0 Å². The molecular formula is C4H7NS. The molecule has 0 aromatic rings. The van der Waals surface area contributed by atoms with E-state index in [0.29, 0.717) is 4.87 Å². The maximum atomic E-state index is 4.33. The number of thiol groups is 1. The minimum Gasteiger partial charge on any atom is -0.285 e. The average molecular weight is 101 g/mol. The first kappa shape index (κ1) is 3.33. The van der Waals surface area contributed by atoms with E-state index >= 15 is 0 Å². The van der Waals surface area contributed by atoms with E-state index in [9.17, 15) is 0 Å². The van der Waals surface area contributed by atoms with Crippen LogP contribution in [-0.2, 0) is 0 Å². The highest BCUT2D eigenvalue weighted by Gasteiger charge is 2.73. The molecule has 2 heteroatoms. The number of fused-ring (bicyclic) bond motifs is 1. The molecule has 0 spiro atoms. The molecule has 1 aliphatic carbocycles. The lowest BCUT2D eigenvalue weighted by atomic mass is 10.7. The van der Waals surface area contributed by atoms with E-state index < -0.39 is 0 Å². The highest BCUT2D eigenvalue weighted by Crippen LogP contribution is 2.64. The van der Waals surface area contributed by atoms with Gasteiger partial charge >= 0.3 is 0 Å². The highest BCUT2D eigenvalue weighted by atomic mass is 32.1. The van der Waals surface area contributed by atoms with Gasteiger partial charge in [0.1, 0.15) is 0 Å². The Balaban J connectivity index is 2.23. The molecule has 2 fully saturated rings. The molecule has 1 heterocycles. The molecular weight excluding hydrogens is 94.1 g/mol. The van der Waals surface area contributed by atoms with Gasteiger partial charge in [-0.05, 0) is 13.5 Å². The summed E-state index contributed by atoms with van der Waals surface area (Å²) in [5.41, 5.74) is 0. The lowest BCUT2D eigenvalue weighted by Crippen LogP contribution is -2.04. The van der Waals surface area contributed by atoms with Crippen molar-refractivity contribution < 1.29 is 0 Å². The van der Waals surface area contributed by atoms with Crippen molar-refractivity contribution in [1.29, 1.82) is 0 Å². The highest BCUT2D eigenvalue weighted by molar-refractivity contribution is 7.82. The quantitative estimate of drug-likeness (QED) is 0.340. The predicted molar refractivity (Wildman–Crippen MR) is 27.9 cm³/mol. The summed E-state index contributed by atoms with van der Waals surface area (Å²) in [7, 11) is 2.11. The summed E-state index contributed by atoms with van der Waals surface area (Å²) in [4.78, 5) is 2.68. The maximum absolute atomic E-state index is 4.33. The number of hydrogen-bond donors (Lipinski definition) is 1. The Labute approximate surface area is 42.7 Å². The lowest BCUT2D eigenvalue weighted by molar-refractivity contribution is 0.483. The van der Waals surface area contributed by atoms with E-state index in [0.717, 1.165) is 6.04 Å². The van der Waals surface area contributed by atoms with Gasteiger partial charge in [-0.15, -0.1) is 0 Å². The van der Waals surface area contributed by atoms with Gasteiger partial charge in [-0.3, -0.25) is 4.90 Å². The van der Waals surface area contributed by atoms with Crippen molar-refractivity contribution >= 4 is 12.6 Å². The molecule has 1 aliphatic heterocycles. The van der Waals surface area contributed by atoms with Crippen molar-refractivity contribution in [3.63, 3.8) is 0 Å². The van der Waals surface area contributed by atoms with E-state index in [4.69, 9.17) is 0 Å². The van der Waals surface area contributed by atoms with Crippen molar-refractivity contribution in [2.45, 2.75) is 17.3 Å². The van der Waals surface area contributed by atoms with E-state index in [2.05, 4.69) is 24.6 Å². The van der Waals surface area contributed by atoms with Crippen LogP contribution in [0.4, 0.5) is 0 Å². The first-order valence-electron chi connectivity index (χ1n) is 2.20. The fourth-order valence-electron chi connectivity index (χ4n) is 0.925. The Kier molecular flexibility index (Phi) is 0.309. The third kappa shape index (κ3) is 0.158. The number of hydrogen-bond acceptors (Lipinski definition) is 2. The summed E-state index contributed by atoms with van der Waals surface area (Å²) in [6.07, 6.45) is 1.33. The van der Waals surface area contributed by atoms with Gasteiger partial charge in [-0.25, -0.2) is 0 Å². The molecule has 0 radical (unpaired) electrons. The monoisotopic (exact) mass is 101 g/mol. The fraction of sp³-hybridized carbons (Fsp3) is 1.00. The largest absolute Gasteiger partial charge is 0.285 e. The van der Waals surface area contributed by atoms with Crippen molar-refractivity contribution in [2.75, 3.05) is 7.05 Å². The number of rotatable bonds is 0. The Morgan fingerprint density at radius 3 is 2.33 bits per heavy atom. The first-order valence-corrected chi connectivity index (χ1v) is 2.65. The summed E-state index contributed by atoms with van der Waals surface area (Å²) in [5, 5.41) is 0. The van der Waals surface area contributed by atoms with E-state index in [1.807, 2.05) is 0 Å². The zero-order valence-electron chi connectivity index (χ0n) is 3.68. The summed E-state index contributed by atoms with van der Waals surface area (Å²) in [5.74, 6) is 0. The van der Waals surface area contributed by atoms with Gasteiger partial charge in [0.25, 0.3) is 0 Å². The second-order valence-corrected chi connectivity index (χ2v) is 2.98. The molecule has 0 N–H and O–H groups in total. The zero-order chi connectivity index (χ0) is 4.36. The first-order chi connectivity index (χ1) is 2.75. The van der Waals surface area contributed by atoms with E-state index in [-0.39, 0.29) is 0 Å². The Hall–Kier alpha value is 0.310. The van der Waals surface area contributed by atoms with Crippen molar-refractivity contribution in [3.8, 4) is 0 Å². The molecule has 1 saturated heterocycles. The second-order valence-electron chi connectivity index (χ2n) is 2.21. The minimum absolute atomic E-state index is 0.403. The van der Waals surface area contributed by atoms with Crippen LogP contribution in [-0.4, -0.2) is 22.9 Å². The normalized spacial score (nSPS) is 73.0. The van der Waals surface area contributed by atoms with E-state index in [1.54, 1.807) is 0 Å². The average Bonchev–Trinajstić information content (AvgIpc) is 2.24. The molecule has 2 rings (SSSR count). The third-order valence-electron chi connectivity index (χ3n) is 1.88. The van der Waals surface area contributed by atoms with Crippen molar-refractivity contribution in [2.24, 2.45) is 0 Å². The molecule has 1 saturated carbocycles. The molecule has 0 bridgehead atoms. The second kappa shape index (κ2) is 0.557. The molecule has 2 aliphatic rings. The van der Waals surface area contributed by atoms with Crippen LogP contribution >= 0.6 is 12.6 Å². The van der Waals surface area contributed by atoms with Crippen LogP contribution in [0.25, 0.3) is 0 Å². The molecule has 1 nitrogen and oxygen atoms in total. The minimum atomic E-state index is 0.403. The SMILES string of the molecule is CN1C2CC21S. The molecule has 3 unspecified atom stereocenters. The predicted octanol–water partition coefficient (Wildman–Crippen LogP) is 0.330. The van der Waals surface area contributed by atoms with Crippen LogP contribution < -0.4 is 0 Å². The summed E-state index contributed by atoms with van der Waals surface area (Å²) in [6, 6.07) is 0.862. The van der Waals surface area contributed by atoms with Crippen molar-refractivity contribution in [1.82, 2.24) is 4.90 Å². The Bertz CT molecular complexity index is 97.7. The van der Waals surface area contributed by atoms with Crippen LogP contribution in [0.2, 0.25) is 0 Å². The topological polar surface area (TPSA) is 3.01 Å². The van der Waals surface area contributed by atoms with Gasteiger partial charge in [-0.2, -0.15) is 12.6 Å². The van der Waals surface area contributed by atoms with Crippen LogP contribution in [0.1, 0.15) is 6.42 Å². The lowest BCUT2D eigenvalue weighted by Gasteiger charge is -1.98.